The van der Waals surface area contributed by atoms with Gasteiger partial charge in [0, 0.05) is 55.2 Å². The summed E-state index contributed by atoms with van der Waals surface area (Å²) in [6, 6.07) is 6.77. The van der Waals surface area contributed by atoms with Gasteiger partial charge in [-0.15, -0.1) is 10.2 Å². The summed E-state index contributed by atoms with van der Waals surface area (Å²) in [6.07, 6.45) is 8.77. The van der Waals surface area contributed by atoms with Gasteiger partial charge in [0.2, 0.25) is 0 Å². The molecule has 2 saturated heterocycles. The fourth-order valence-corrected chi connectivity index (χ4v) is 6.12. The number of carbonyl (C=O) groups excluding carboxylic acids is 1. The molecule has 2 atom stereocenters. The van der Waals surface area contributed by atoms with E-state index in [0.29, 0.717) is 47.1 Å². The van der Waals surface area contributed by atoms with Gasteiger partial charge in [-0.25, -0.2) is 13.9 Å². The Kier molecular flexibility index (Phi) is 8.71. The van der Waals surface area contributed by atoms with E-state index in [1.54, 1.807) is 23.1 Å². The number of carbonyl (C=O) groups is 1. The van der Waals surface area contributed by atoms with Crippen molar-refractivity contribution in [3.63, 3.8) is 0 Å². The molecule has 3 fully saturated rings. The molecule has 12 heteroatoms. The van der Waals surface area contributed by atoms with Crippen LogP contribution in [0.25, 0.3) is 22.4 Å². The molecule has 2 unspecified atom stereocenters. The largest absolute Gasteiger partial charge is 0.467 e. The van der Waals surface area contributed by atoms with Crippen LogP contribution >= 0.6 is 0 Å². The van der Waals surface area contributed by atoms with Gasteiger partial charge in [-0.05, 0) is 90.5 Å². The number of anilines is 1. The minimum atomic E-state index is -0.560. The second-order valence-electron chi connectivity index (χ2n) is 13.4. The lowest BCUT2D eigenvalue weighted by Crippen LogP contribution is -2.50. The first kappa shape index (κ1) is 31.2. The second-order valence-corrected chi connectivity index (χ2v) is 13.4. The van der Waals surface area contributed by atoms with E-state index in [1.165, 1.54) is 13.2 Å². The van der Waals surface area contributed by atoms with Crippen LogP contribution in [0.5, 0.6) is 5.75 Å². The maximum Gasteiger partial charge on any atom is 0.411 e. The van der Waals surface area contributed by atoms with Crippen LogP contribution < -0.4 is 9.64 Å². The molecule has 11 nitrogen and oxygen atoms in total. The van der Waals surface area contributed by atoms with Gasteiger partial charge in [0.1, 0.15) is 23.4 Å². The summed E-state index contributed by atoms with van der Waals surface area (Å²) in [7, 11) is 1.53. The average molecular weight is 623 g/mol. The van der Waals surface area contributed by atoms with E-state index in [1.807, 2.05) is 37.8 Å². The lowest BCUT2D eigenvalue weighted by Gasteiger charge is -2.36. The zero-order chi connectivity index (χ0) is 31.8. The molecule has 4 heterocycles. The molecule has 0 spiro atoms. The molecular formula is C33H43FN6O5. The Morgan fingerprint density at radius 3 is 2.64 bits per heavy atom. The number of hydrogen-bond donors (Lipinski definition) is 0. The number of ether oxygens (including phenoxy) is 4. The number of benzene rings is 1. The van der Waals surface area contributed by atoms with Gasteiger partial charge >= 0.3 is 6.09 Å². The quantitative estimate of drug-likeness (QED) is 0.258. The van der Waals surface area contributed by atoms with Gasteiger partial charge < -0.3 is 23.8 Å². The number of aromatic nitrogens is 4. The molecule has 3 aromatic rings. The summed E-state index contributed by atoms with van der Waals surface area (Å²) < 4.78 is 40.0. The van der Waals surface area contributed by atoms with Crippen molar-refractivity contribution in [1.82, 2.24) is 24.9 Å². The Bertz CT molecular complexity index is 1500. The van der Waals surface area contributed by atoms with Crippen LogP contribution in [0.4, 0.5) is 15.0 Å². The first-order chi connectivity index (χ1) is 21.5. The van der Waals surface area contributed by atoms with Crippen LogP contribution in [0.15, 0.2) is 36.7 Å². The minimum absolute atomic E-state index is 0.0125. The first-order valence-corrected chi connectivity index (χ1v) is 15.8. The number of methoxy groups -OCH3 is 1. The van der Waals surface area contributed by atoms with E-state index in [0.717, 1.165) is 45.1 Å². The Hall–Kier alpha value is -3.77. The van der Waals surface area contributed by atoms with Crippen LogP contribution in [0.1, 0.15) is 72.4 Å². The Morgan fingerprint density at radius 1 is 1.16 bits per heavy atom. The molecule has 6 rings (SSSR count). The number of rotatable bonds is 9. The predicted octanol–water partition coefficient (Wildman–Crippen LogP) is 6.20. The van der Waals surface area contributed by atoms with Gasteiger partial charge in [0.15, 0.2) is 12.6 Å². The zero-order valence-corrected chi connectivity index (χ0v) is 26.8. The maximum atomic E-state index is 15.6. The van der Waals surface area contributed by atoms with E-state index in [2.05, 4.69) is 27.1 Å². The maximum absolute atomic E-state index is 15.6. The number of hydrogen-bond acceptors (Lipinski definition) is 9. The normalized spacial score (nSPS) is 21.1. The predicted molar refractivity (Wildman–Crippen MR) is 166 cm³/mol. The van der Waals surface area contributed by atoms with E-state index in [4.69, 9.17) is 18.9 Å². The van der Waals surface area contributed by atoms with Crippen LogP contribution in [0, 0.1) is 5.82 Å². The van der Waals surface area contributed by atoms with Crippen molar-refractivity contribution in [2.75, 3.05) is 38.5 Å². The fraction of sp³-hybridized carbons (Fsp3) is 0.576. The van der Waals surface area contributed by atoms with Crippen molar-refractivity contribution in [1.29, 1.82) is 0 Å². The molecule has 45 heavy (non-hydrogen) atoms. The van der Waals surface area contributed by atoms with Gasteiger partial charge in [0.25, 0.3) is 0 Å². The topological polar surface area (TPSA) is 104 Å². The summed E-state index contributed by atoms with van der Waals surface area (Å²) in [4.78, 5) is 17.3. The second kappa shape index (κ2) is 12.6. The third-order valence-corrected chi connectivity index (χ3v) is 8.69. The van der Waals surface area contributed by atoms with Crippen molar-refractivity contribution in [2.24, 2.45) is 0 Å². The van der Waals surface area contributed by atoms with E-state index in [-0.39, 0.29) is 30.7 Å². The van der Waals surface area contributed by atoms with Crippen molar-refractivity contribution in [2.45, 2.75) is 89.6 Å². The van der Waals surface area contributed by atoms with Crippen LogP contribution in [0.3, 0.4) is 0 Å². The number of amides is 1. The van der Waals surface area contributed by atoms with Crippen LogP contribution in [-0.2, 0) is 14.2 Å². The fourth-order valence-electron chi connectivity index (χ4n) is 6.12. The van der Waals surface area contributed by atoms with E-state index >= 15 is 4.39 Å². The Morgan fingerprint density at radius 2 is 1.98 bits per heavy atom. The van der Waals surface area contributed by atoms with Crippen molar-refractivity contribution in [3.05, 3.63) is 42.5 Å². The van der Waals surface area contributed by atoms with Gasteiger partial charge in [0.05, 0.1) is 17.9 Å². The molecule has 1 aliphatic carbocycles. The number of nitrogens with zero attached hydrogens (tertiary/aromatic N) is 6. The molecule has 1 aromatic carbocycles. The average Bonchev–Trinajstić information content (AvgIpc) is 3.36. The monoisotopic (exact) mass is 622 g/mol. The van der Waals surface area contributed by atoms with Crippen molar-refractivity contribution >= 4 is 11.9 Å². The molecule has 0 N–H and O–H groups in total. The molecule has 3 aliphatic rings. The molecule has 1 saturated carbocycles. The molecule has 2 aliphatic heterocycles. The smallest absolute Gasteiger partial charge is 0.411 e. The third kappa shape index (κ3) is 6.91. The summed E-state index contributed by atoms with van der Waals surface area (Å²) in [5, 5.41) is 13.4. The zero-order valence-electron chi connectivity index (χ0n) is 26.8. The lowest BCUT2D eigenvalue weighted by molar-refractivity contribution is -0.0394. The standard InChI is InChI=1S/C33H43FN6O5/c1-32(2,3)45-31(41)40(33(4)12-13-33)23-11-14-38(20-23)29-10-9-27(36-37-29)25-16-26(34)24(17-28(25)44-21-42-5)22-18-35-39(19-22)30-8-6-7-15-43-30/h9-10,16-19,23,30H,6-8,11-15,20-21H2,1-5H3. The molecule has 242 valence electrons. The van der Waals surface area contributed by atoms with E-state index in [9.17, 15) is 4.79 Å². The summed E-state index contributed by atoms with van der Waals surface area (Å²) in [6.45, 7) is 9.85. The van der Waals surface area contributed by atoms with E-state index < -0.39 is 11.4 Å². The third-order valence-electron chi connectivity index (χ3n) is 8.69. The highest BCUT2D eigenvalue weighted by atomic mass is 19.1. The van der Waals surface area contributed by atoms with Crippen molar-refractivity contribution in [3.8, 4) is 28.1 Å². The Labute approximate surface area is 263 Å². The SMILES string of the molecule is COCOc1cc(-c2cnn(C3CCCCO3)c2)c(F)cc1-c1ccc(N2CCC(N(C(=O)OC(C)(C)C)C3(C)CC3)C2)nn1. The van der Waals surface area contributed by atoms with Crippen molar-refractivity contribution < 1.29 is 28.1 Å². The lowest BCUT2D eigenvalue weighted by atomic mass is 10.0. The first-order valence-electron chi connectivity index (χ1n) is 15.8. The molecule has 2 aromatic heterocycles. The highest BCUT2D eigenvalue weighted by molar-refractivity contribution is 5.75. The van der Waals surface area contributed by atoms with Crippen LogP contribution in [0.2, 0.25) is 0 Å². The highest BCUT2D eigenvalue weighted by Gasteiger charge is 2.51. The van der Waals surface area contributed by atoms with Gasteiger partial charge in [-0.2, -0.15) is 5.10 Å². The van der Waals surface area contributed by atoms with Crippen LogP contribution in [-0.4, -0.2) is 81.8 Å². The molecular weight excluding hydrogens is 579 g/mol. The summed E-state index contributed by atoms with van der Waals surface area (Å²) in [5.74, 6) is 0.687. The summed E-state index contributed by atoms with van der Waals surface area (Å²) in [5.41, 5.74) is 1.19. The molecule has 0 bridgehead atoms. The molecule has 1 amide bonds. The summed E-state index contributed by atoms with van der Waals surface area (Å²) >= 11 is 0. The van der Waals surface area contributed by atoms with Gasteiger partial charge in [-0.3, -0.25) is 4.90 Å². The molecule has 0 radical (unpaired) electrons. The number of halogens is 1. The highest BCUT2D eigenvalue weighted by Crippen LogP contribution is 2.45. The Balaban J connectivity index is 1.20. The van der Waals surface area contributed by atoms with Gasteiger partial charge in [-0.1, -0.05) is 0 Å². The minimum Gasteiger partial charge on any atom is -0.467 e.